The number of benzene rings is 2. The molecule has 0 bridgehead atoms. The maximum absolute atomic E-state index is 13.1. The standard InChI is InChI=1S/C23H20F3N3O2/c24-23(25,26)20-13-17(14-9-10-14)29(28-20)12-11-27-22(30)21-15-5-1-3-7-18(15)31-19-8-4-2-6-16(19)21/h1-8,13-14,21H,9-12H2,(H,27,30). The molecule has 2 aliphatic rings. The molecule has 5 rings (SSSR count). The zero-order valence-electron chi connectivity index (χ0n) is 16.5. The van der Waals surface area contributed by atoms with Crippen molar-refractivity contribution in [2.24, 2.45) is 0 Å². The third-order valence-corrected chi connectivity index (χ3v) is 5.66. The minimum atomic E-state index is -4.48. The normalized spacial score (nSPS) is 15.7. The van der Waals surface area contributed by atoms with E-state index in [1.807, 2.05) is 48.5 Å². The van der Waals surface area contributed by atoms with Crippen molar-refractivity contribution in [3.8, 4) is 11.5 Å². The molecule has 3 aromatic rings. The van der Waals surface area contributed by atoms with E-state index in [1.54, 1.807) is 0 Å². The number of para-hydroxylation sites is 2. The maximum atomic E-state index is 13.1. The number of amides is 1. The van der Waals surface area contributed by atoms with Crippen molar-refractivity contribution in [2.45, 2.75) is 37.4 Å². The van der Waals surface area contributed by atoms with Gasteiger partial charge in [-0.25, -0.2) is 0 Å². The van der Waals surface area contributed by atoms with Gasteiger partial charge in [-0.15, -0.1) is 0 Å². The van der Waals surface area contributed by atoms with E-state index in [2.05, 4.69) is 10.4 Å². The Balaban J connectivity index is 1.34. The average Bonchev–Trinajstić information content (AvgIpc) is 3.50. The van der Waals surface area contributed by atoms with Crippen LogP contribution < -0.4 is 10.1 Å². The molecule has 0 saturated heterocycles. The number of carbonyl (C=O) groups excluding carboxylic acids is 1. The second-order valence-electron chi connectivity index (χ2n) is 7.85. The van der Waals surface area contributed by atoms with E-state index in [9.17, 15) is 18.0 Å². The molecule has 31 heavy (non-hydrogen) atoms. The summed E-state index contributed by atoms with van der Waals surface area (Å²) in [5.41, 5.74) is 1.22. The van der Waals surface area contributed by atoms with Crippen LogP contribution in [0.3, 0.4) is 0 Å². The number of ether oxygens (including phenoxy) is 1. The molecule has 0 spiro atoms. The Labute approximate surface area is 176 Å². The van der Waals surface area contributed by atoms with Crippen LogP contribution in [-0.4, -0.2) is 22.2 Å². The van der Waals surface area contributed by atoms with Crippen LogP contribution in [0.4, 0.5) is 13.2 Å². The van der Waals surface area contributed by atoms with Gasteiger partial charge in [-0.3, -0.25) is 9.48 Å². The first-order valence-electron chi connectivity index (χ1n) is 10.2. The average molecular weight is 427 g/mol. The minimum Gasteiger partial charge on any atom is -0.457 e. The van der Waals surface area contributed by atoms with Gasteiger partial charge in [0.1, 0.15) is 11.5 Å². The van der Waals surface area contributed by atoms with Crippen LogP contribution >= 0.6 is 0 Å². The van der Waals surface area contributed by atoms with E-state index in [0.29, 0.717) is 17.2 Å². The highest BCUT2D eigenvalue weighted by molar-refractivity contribution is 5.89. The lowest BCUT2D eigenvalue weighted by Crippen LogP contribution is -2.34. The van der Waals surface area contributed by atoms with Crippen molar-refractivity contribution in [2.75, 3.05) is 6.54 Å². The van der Waals surface area contributed by atoms with Crippen molar-refractivity contribution in [1.82, 2.24) is 15.1 Å². The number of nitrogens with one attached hydrogen (secondary N) is 1. The Hall–Kier alpha value is -3.29. The first kappa shape index (κ1) is 19.7. The molecule has 1 saturated carbocycles. The van der Waals surface area contributed by atoms with Crippen molar-refractivity contribution in [3.63, 3.8) is 0 Å². The van der Waals surface area contributed by atoms with Crippen LogP contribution in [0.5, 0.6) is 11.5 Å². The lowest BCUT2D eigenvalue weighted by molar-refractivity contribution is -0.141. The summed E-state index contributed by atoms with van der Waals surface area (Å²) in [5.74, 6) is 0.596. The predicted octanol–water partition coefficient (Wildman–Crippen LogP) is 4.83. The number of alkyl halides is 3. The van der Waals surface area contributed by atoms with Crippen LogP contribution in [0.1, 0.15) is 47.2 Å². The van der Waals surface area contributed by atoms with E-state index in [-0.39, 0.29) is 24.9 Å². The second-order valence-corrected chi connectivity index (χ2v) is 7.85. The topological polar surface area (TPSA) is 56.2 Å². The van der Waals surface area contributed by atoms with Crippen molar-refractivity contribution < 1.29 is 22.7 Å². The van der Waals surface area contributed by atoms with Crippen LogP contribution in [0.15, 0.2) is 54.6 Å². The van der Waals surface area contributed by atoms with Crippen LogP contribution in [0.2, 0.25) is 0 Å². The SMILES string of the molecule is O=C(NCCn1nc(C(F)(F)F)cc1C1CC1)C1c2ccccc2Oc2ccccc21. The molecule has 160 valence electrons. The second kappa shape index (κ2) is 7.44. The zero-order chi connectivity index (χ0) is 21.6. The van der Waals surface area contributed by atoms with E-state index < -0.39 is 17.8 Å². The number of rotatable bonds is 5. The van der Waals surface area contributed by atoms with Crippen molar-refractivity contribution in [3.05, 3.63) is 77.1 Å². The fourth-order valence-corrected chi connectivity index (χ4v) is 4.04. The molecule has 1 amide bonds. The molecule has 0 unspecified atom stereocenters. The highest BCUT2D eigenvalue weighted by atomic mass is 19.4. The molecule has 8 heteroatoms. The molecular formula is C23H20F3N3O2. The zero-order valence-corrected chi connectivity index (χ0v) is 16.5. The molecule has 1 aliphatic carbocycles. The Bertz CT molecular complexity index is 1090. The van der Waals surface area contributed by atoms with Crippen LogP contribution in [-0.2, 0) is 17.5 Å². The fraction of sp³-hybridized carbons (Fsp3) is 0.304. The quantitative estimate of drug-likeness (QED) is 0.634. The Morgan fingerprint density at radius 1 is 1.06 bits per heavy atom. The van der Waals surface area contributed by atoms with Gasteiger partial charge in [-0.05, 0) is 31.0 Å². The monoisotopic (exact) mass is 427 g/mol. The molecule has 2 heterocycles. The fourth-order valence-electron chi connectivity index (χ4n) is 4.04. The minimum absolute atomic E-state index is 0.119. The largest absolute Gasteiger partial charge is 0.457 e. The molecule has 1 aliphatic heterocycles. The van der Waals surface area contributed by atoms with Gasteiger partial charge in [0.2, 0.25) is 5.91 Å². The molecule has 1 N–H and O–H groups in total. The highest BCUT2D eigenvalue weighted by Gasteiger charge is 2.38. The molecule has 1 aromatic heterocycles. The predicted molar refractivity (Wildman–Crippen MR) is 107 cm³/mol. The van der Waals surface area contributed by atoms with E-state index in [1.165, 1.54) is 4.68 Å². The van der Waals surface area contributed by atoms with Crippen molar-refractivity contribution >= 4 is 5.91 Å². The Kier molecular flexibility index (Phi) is 4.72. The van der Waals surface area contributed by atoms with Gasteiger partial charge in [-0.2, -0.15) is 18.3 Å². The van der Waals surface area contributed by atoms with Gasteiger partial charge in [-0.1, -0.05) is 36.4 Å². The number of fused-ring (bicyclic) bond motifs is 2. The summed E-state index contributed by atoms with van der Waals surface area (Å²) in [7, 11) is 0. The summed E-state index contributed by atoms with van der Waals surface area (Å²) in [6.07, 6.45) is -2.75. The third-order valence-electron chi connectivity index (χ3n) is 5.66. The molecule has 0 radical (unpaired) electrons. The lowest BCUT2D eigenvalue weighted by atomic mass is 9.87. The number of aromatic nitrogens is 2. The van der Waals surface area contributed by atoms with Gasteiger partial charge < -0.3 is 10.1 Å². The summed E-state index contributed by atoms with van der Waals surface area (Å²) in [6, 6.07) is 15.8. The Morgan fingerprint density at radius 2 is 1.68 bits per heavy atom. The maximum Gasteiger partial charge on any atom is 0.435 e. The highest BCUT2D eigenvalue weighted by Crippen LogP contribution is 2.44. The third kappa shape index (κ3) is 3.78. The molecular weight excluding hydrogens is 407 g/mol. The van der Waals surface area contributed by atoms with E-state index in [4.69, 9.17) is 4.74 Å². The molecule has 5 nitrogen and oxygen atoms in total. The number of nitrogens with zero attached hydrogens (tertiary/aromatic N) is 2. The summed E-state index contributed by atoms with van der Waals surface area (Å²) < 4.78 is 46.5. The number of hydrogen-bond acceptors (Lipinski definition) is 3. The summed E-state index contributed by atoms with van der Waals surface area (Å²) in [4.78, 5) is 13.1. The number of halogens is 3. The number of carbonyl (C=O) groups is 1. The summed E-state index contributed by atoms with van der Waals surface area (Å²) >= 11 is 0. The van der Waals surface area contributed by atoms with Gasteiger partial charge in [0.15, 0.2) is 5.69 Å². The molecule has 2 aromatic carbocycles. The number of hydrogen-bond donors (Lipinski definition) is 1. The van der Waals surface area contributed by atoms with Gasteiger partial charge >= 0.3 is 6.18 Å². The first-order chi connectivity index (χ1) is 14.9. The first-order valence-corrected chi connectivity index (χ1v) is 10.2. The molecule has 0 atom stereocenters. The summed E-state index contributed by atoms with van der Waals surface area (Å²) in [6.45, 7) is 0.361. The van der Waals surface area contributed by atoms with Gasteiger partial charge in [0.25, 0.3) is 0 Å². The smallest absolute Gasteiger partial charge is 0.435 e. The lowest BCUT2D eigenvalue weighted by Gasteiger charge is -2.27. The molecule has 1 fully saturated rings. The van der Waals surface area contributed by atoms with Gasteiger partial charge in [0, 0.05) is 29.3 Å². The van der Waals surface area contributed by atoms with Crippen molar-refractivity contribution in [1.29, 1.82) is 0 Å². The van der Waals surface area contributed by atoms with Crippen LogP contribution in [0, 0.1) is 0 Å². The van der Waals surface area contributed by atoms with E-state index >= 15 is 0 Å². The van der Waals surface area contributed by atoms with Crippen LogP contribution in [0.25, 0.3) is 0 Å². The summed E-state index contributed by atoms with van der Waals surface area (Å²) in [5, 5.41) is 6.62. The van der Waals surface area contributed by atoms with Gasteiger partial charge in [0.05, 0.1) is 12.5 Å². The van der Waals surface area contributed by atoms with E-state index in [0.717, 1.165) is 30.0 Å². The Morgan fingerprint density at radius 3 is 2.26 bits per heavy atom.